The number of hydrogen-bond donors (Lipinski definition) is 1. The van der Waals surface area contributed by atoms with E-state index < -0.39 is 0 Å². The van der Waals surface area contributed by atoms with Crippen molar-refractivity contribution in [2.75, 3.05) is 31.1 Å². The predicted octanol–water partition coefficient (Wildman–Crippen LogP) is 0.688. The average molecular weight is 248 g/mol. The van der Waals surface area contributed by atoms with Gasteiger partial charge in [-0.3, -0.25) is 4.79 Å². The average Bonchev–Trinajstić information content (AvgIpc) is 2.38. The van der Waals surface area contributed by atoms with Gasteiger partial charge in [-0.05, 0) is 31.0 Å². The van der Waals surface area contributed by atoms with Crippen LogP contribution in [0, 0.1) is 6.92 Å². The van der Waals surface area contributed by atoms with Crippen LogP contribution in [0.15, 0.2) is 12.3 Å². The highest BCUT2D eigenvalue weighted by Crippen LogP contribution is 2.21. The minimum atomic E-state index is 0.0113. The third kappa shape index (κ3) is 2.61. The zero-order valence-electron chi connectivity index (χ0n) is 11.0. The molecule has 2 heterocycles. The molecule has 1 saturated heterocycles. The monoisotopic (exact) mass is 248 g/mol. The molecule has 1 aliphatic rings. The Kier molecular flexibility index (Phi) is 3.81. The maximum atomic E-state index is 10.7. The van der Waals surface area contributed by atoms with Crippen LogP contribution in [0.25, 0.3) is 0 Å². The number of amides is 1. The molecule has 0 bridgehead atoms. The summed E-state index contributed by atoms with van der Waals surface area (Å²) in [5.41, 5.74) is 8.05. The molecular weight excluding hydrogens is 228 g/mol. The second-order valence-corrected chi connectivity index (χ2v) is 4.83. The second kappa shape index (κ2) is 5.35. The van der Waals surface area contributed by atoms with E-state index in [9.17, 15) is 4.79 Å². The van der Waals surface area contributed by atoms with Crippen molar-refractivity contribution in [3.63, 3.8) is 0 Å². The minimum absolute atomic E-state index is 0.0113. The summed E-state index contributed by atoms with van der Waals surface area (Å²) in [5, 5.41) is 0. The number of hydrogen-bond acceptors (Lipinski definition) is 4. The number of pyridine rings is 1. The Bertz CT molecular complexity index is 425. The topological polar surface area (TPSA) is 62.5 Å². The summed E-state index contributed by atoms with van der Waals surface area (Å²) >= 11 is 0. The van der Waals surface area contributed by atoms with Crippen LogP contribution in [-0.4, -0.2) is 42.5 Å². The molecule has 0 saturated carbocycles. The summed E-state index contributed by atoms with van der Waals surface area (Å²) in [7, 11) is 0. The molecule has 98 valence electrons. The number of carbonyl (C=O) groups excluding carboxylic acids is 1. The first-order valence-corrected chi connectivity index (χ1v) is 6.28. The van der Waals surface area contributed by atoms with E-state index >= 15 is 0 Å². The molecule has 18 heavy (non-hydrogen) atoms. The lowest BCUT2D eigenvalue weighted by molar-refractivity contribution is -0.118. The van der Waals surface area contributed by atoms with E-state index in [2.05, 4.69) is 22.9 Å². The molecule has 1 aliphatic heterocycles. The molecule has 0 spiro atoms. The molecule has 5 heteroatoms. The normalized spacial score (nSPS) is 17.7. The molecule has 2 rings (SSSR count). The first kappa shape index (κ1) is 12.8. The predicted molar refractivity (Wildman–Crippen MR) is 71.4 cm³/mol. The van der Waals surface area contributed by atoms with E-state index in [1.165, 1.54) is 0 Å². The van der Waals surface area contributed by atoms with Gasteiger partial charge in [-0.15, -0.1) is 0 Å². The Balaban J connectivity index is 2.12. The number of aromatic nitrogens is 1. The van der Waals surface area contributed by atoms with Crippen LogP contribution >= 0.6 is 0 Å². The summed E-state index contributed by atoms with van der Waals surface area (Å²) in [6, 6.07) is 2.11. The lowest BCUT2D eigenvalue weighted by Crippen LogP contribution is -2.46. The molecule has 0 aliphatic carbocycles. The van der Waals surface area contributed by atoms with Crippen molar-refractivity contribution in [2.45, 2.75) is 19.9 Å². The summed E-state index contributed by atoms with van der Waals surface area (Å²) in [6.07, 6.45) is 2.76. The second-order valence-electron chi connectivity index (χ2n) is 4.83. The Morgan fingerprint density at radius 2 is 2.06 bits per heavy atom. The number of anilines is 1. The van der Waals surface area contributed by atoms with Crippen LogP contribution in [0.5, 0.6) is 0 Å². The van der Waals surface area contributed by atoms with Crippen molar-refractivity contribution in [3.05, 3.63) is 23.4 Å². The first-order chi connectivity index (χ1) is 8.61. The molecular formula is C13H20N4O. The zero-order chi connectivity index (χ0) is 13.1. The van der Waals surface area contributed by atoms with Gasteiger partial charge in [0.05, 0.1) is 0 Å². The fraction of sp³-hybridized carbons (Fsp3) is 0.538. The van der Waals surface area contributed by atoms with Gasteiger partial charge < -0.3 is 15.5 Å². The van der Waals surface area contributed by atoms with Gasteiger partial charge in [0, 0.05) is 38.4 Å². The molecule has 0 unspecified atom stereocenters. The molecule has 1 fully saturated rings. The smallest absolute Gasteiger partial charge is 0.209 e. The summed E-state index contributed by atoms with van der Waals surface area (Å²) in [5.74, 6) is 1.00. The van der Waals surface area contributed by atoms with Crippen molar-refractivity contribution < 1.29 is 4.79 Å². The van der Waals surface area contributed by atoms with Gasteiger partial charge in [0.15, 0.2) is 0 Å². The lowest BCUT2D eigenvalue weighted by Gasteiger charge is -2.34. The number of nitrogens with two attached hydrogens (primary N) is 1. The number of rotatable bonds is 3. The molecule has 1 amide bonds. The molecule has 1 aromatic heterocycles. The van der Waals surface area contributed by atoms with Crippen molar-refractivity contribution >= 4 is 12.2 Å². The minimum Gasteiger partial charge on any atom is -0.353 e. The highest BCUT2D eigenvalue weighted by molar-refractivity contribution is 5.51. The van der Waals surface area contributed by atoms with Crippen LogP contribution in [0.4, 0.5) is 5.82 Å². The fourth-order valence-electron chi connectivity index (χ4n) is 2.21. The van der Waals surface area contributed by atoms with Gasteiger partial charge >= 0.3 is 0 Å². The number of piperazine rings is 1. The maximum Gasteiger partial charge on any atom is 0.209 e. The first-order valence-electron chi connectivity index (χ1n) is 6.28. The summed E-state index contributed by atoms with van der Waals surface area (Å²) < 4.78 is 0. The molecule has 0 aromatic carbocycles. The van der Waals surface area contributed by atoms with Gasteiger partial charge in [0.2, 0.25) is 6.41 Å². The molecule has 0 radical (unpaired) electrons. The van der Waals surface area contributed by atoms with Gasteiger partial charge in [0.25, 0.3) is 0 Å². The van der Waals surface area contributed by atoms with E-state index in [1.54, 1.807) is 4.90 Å². The maximum absolute atomic E-state index is 10.7. The van der Waals surface area contributed by atoms with Crippen LogP contribution in [-0.2, 0) is 4.79 Å². The van der Waals surface area contributed by atoms with E-state index in [-0.39, 0.29) is 6.04 Å². The molecule has 5 nitrogen and oxygen atoms in total. The standard InChI is InChI=1S/C13H20N4O/c1-10-7-12(11(2)14)8-15-13(10)17-5-3-16(9-18)4-6-17/h7-9,11H,3-6,14H2,1-2H3/t11-/m0/s1. The highest BCUT2D eigenvalue weighted by Gasteiger charge is 2.18. The van der Waals surface area contributed by atoms with E-state index in [4.69, 9.17) is 5.73 Å². The Labute approximate surface area is 108 Å². The van der Waals surface area contributed by atoms with Crippen LogP contribution < -0.4 is 10.6 Å². The van der Waals surface area contributed by atoms with Crippen molar-refractivity contribution in [1.82, 2.24) is 9.88 Å². The van der Waals surface area contributed by atoms with Gasteiger partial charge in [-0.25, -0.2) is 4.98 Å². The van der Waals surface area contributed by atoms with Gasteiger partial charge in [-0.1, -0.05) is 0 Å². The summed E-state index contributed by atoms with van der Waals surface area (Å²) in [4.78, 5) is 19.2. The van der Waals surface area contributed by atoms with Gasteiger partial charge in [-0.2, -0.15) is 0 Å². The fourth-order valence-corrected chi connectivity index (χ4v) is 2.21. The number of aryl methyl sites for hydroxylation is 1. The van der Waals surface area contributed by atoms with E-state index in [1.807, 2.05) is 13.1 Å². The van der Waals surface area contributed by atoms with Crippen molar-refractivity contribution in [3.8, 4) is 0 Å². The summed E-state index contributed by atoms with van der Waals surface area (Å²) in [6.45, 7) is 7.22. The number of carbonyl (C=O) groups is 1. The van der Waals surface area contributed by atoms with Crippen LogP contribution in [0.1, 0.15) is 24.1 Å². The highest BCUT2D eigenvalue weighted by atomic mass is 16.1. The quantitative estimate of drug-likeness (QED) is 0.799. The van der Waals surface area contributed by atoms with Crippen LogP contribution in [0.3, 0.4) is 0 Å². The molecule has 2 N–H and O–H groups in total. The van der Waals surface area contributed by atoms with Gasteiger partial charge in [0.1, 0.15) is 5.82 Å². The van der Waals surface area contributed by atoms with E-state index in [0.29, 0.717) is 0 Å². The Morgan fingerprint density at radius 1 is 1.39 bits per heavy atom. The third-order valence-corrected chi connectivity index (χ3v) is 3.36. The zero-order valence-corrected chi connectivity index (χ0v) is 11.0. The third-order valence-electron chi connectivity index (χ3n) is 3.36. The van der Waals surface area contributed by atoms with E-state index in [0.717, 1.165) is 49.5 Å². The van der Waals surface area contributed by atoms with Crippen LogP contribution in [0.2, 0.25) is 0 Å². The lowest BCUT2D eigenvalue weighted by atomic mass is 10.1. The molecule has 1 aromatic rings. The molecule has 1 atom stereocenters. The SMILES string of the molecule is Cc1cc([C@H](C)N)cnc1N1CCN(C=O)CC1. The van der Waals surface area contributed by atoms with Crippen molar-refractivity contribution in [1.29, 1.82) is 0 Å². The Hall–Kier alpha value is -1.62. The largest absolute Gasteiger partial charge is 0.353 e. The van der Waals surface area contributed by atoms with Crippen molar-refractivity contribution in [2.24, 2.45) is 5.73 Å². The number of nitrogens with zero attached hydrogens (tertiary/aromatic N) is 3. The Morgan fingerprint density at radius 3 is 2.56 bits per heavy atom.